The van der Waals surface area contributed by atoms with Gasteiger partial charge in [-0.15, -0.1) is 0 Å². The fraction of sp³-hybridized carbons (Fsp3) is 0.900. The van der Waals surface area contributed by atoms with Gasteiger partial charge < -0.3 is 16.2 Å². The van der Waals surface area contributed by atoms with Gasteiger partial charge in [0.25, 0.3) is 0 Å². The summed E-state index contributed by atoms with van der Waals surface area (Å²) in [6.07, 6.45) is 0.812. The second-order valence-corrected chi connectivity index (χ2v) is 5.26. The highest BCUT2D eigenvalue weighted by Crippen LogP contribution is 2.12. The Morgan fingerprint density at radius 2 is 2.13 bits per heavy atom. The van der Waals surface area contributed by atoms with Crippen molar-refractivity contribution in [1.29, 1.82) is 0 Å². The lowest BCUT2D eigenvalue weighted by Gasteiger charge is -2.21. The molecule has 0 aromatic heterocycles. The number of carbonyl (C=O) groups excluding carboxylic acids is 1. The Kier molecular flexibility index (Phi) is 7.82. The maximum atomic E-state index is 11.5. The van der Waals surface area contributed by atoms with Crippen molar-refractivity contribution in [2.45, 2.75) is 20.3 Å². The highest BCUT2D eigenvalue weighted by atomic mass is 32.2. The van der Waals surface area contributed by atoms with E-state index in [2.05, 4.69) is 5.32 Å². The predicted octanol–water partition coefficient (Wildman–Crippen LogP) is 0.203. The molecule has 0 rings (SSSR count). The molecule has 90 valence electrons. The summed E-state index contributed by atoms with van der Waals surface area (Å²) in [5, 5.41) is 11.4. The van der Waals surface area contributed by atoms with Gasteiger partial charge >= 0.3 is 0 Å². The maximum Gasteiger partial charge on any atom is 0.226 e. The lowest BCUT2D eigenvalue weighted by Crippen LogP contribution is -2.42. The topological polar surface area (TPSA) is 75.4 Å². The Labute approximate surface area is 96.0 Å². The molecule has 1 amide bonds. The van der Waals surface area contributed by atoms with Gasteiger partial charge in [0.15, 0.2) is 0 Å². The number of hydrogen-bond donors (Lipinski definition) is 3. The Hall–Kier alpha value is -0.260. The van der Waals surface area contributed by atoms with Gasteiger partial charge in [-0.05, 0) is 26.0 Å². The van der Waals surface area contributed by atoms with Crippen LogP contribution in [-0.2, 0) is 4.79 Å². The molecule has 0 saturated carbocycles. The summed E-state index contributed by atoms with van der Waals surface area (Å²) in [5.41, 5.74) is 5.01. The molecule has 0 atom stereocenters. The highest BCUT2D eigenvalue weighted by Gasteiger charge is 2.24. The molecule has 15 heavy (non-hydrogen) atoms. The van der Waals surface area contributed by atoms with E-state index in [9.17, 15) is 4.79 Å². The smallest absolute Gasteiger partial charge is 0.226 e. The van der Waals surface area contributed by atoms with Crippen LogP contribution in [0.4, 0.5) is 0 Å². The molecule has 0 radical (unpaired) electrons. The fourth-order valence-corrected chi connectivity index (χ4v) is 1.62. The number of nitrogens with two attached hydrogens (primary N) is 1. The van der Waals surface area contributed by atoms with Crippen molar-refractivity contribution in [1.82, 2.24) is 5.32 Å². The first-order valence-corrected chi connectivity index (χ1v) is 6.37. The molecule has 0 unspecified atom stereocenters. The molecule has 0 aliphatic rings. The van der Waals surface area contributed by atoms with Crippen LogP contribution >= 0.6 is 11.8 Å². The van der Waals surface area contributed by atoms with Crippen LogP contribution in [0.15, 0.2) is 0 Å². The monoisotopic (exact) mass is 234 g/mol. The molecule has 0 heterocycles. The molecule has 0 aromatic carbocycles. The minimum Gasteiger partial charge on any atom is -0.396 e. The van der Waals surface area contributed by atoms with Crippen LogP contribution in [-0.4, -0.2) is 42.2 Å². The molecule has 0 spiro atoms. The summed E-state index contributed by atoms with van der Waals surface area (Å²) in [4.78, 5) is 11.5. The van der Waals surface area contributed by atoms with E-state index in [4.69, 9.17) is 10.8 Å². The third-order valence-corrected chi connectivity index (χ3v) is 3.17. The number of nitrogens with one attached hydrogen (secondary N) is 1. The molecule has 0 aliphatic heterocycles. The number of aliphatic hydroxyl groups excluding tert-OH is 1. The molecular weight excluding hydrogens is 212 g/mol. The van der Waals surface area contributed by atoms with Crippen molar-refractivity contribution in [3.8, 4) is 0 Å². The normalized spacial score (nSPS) is 11.5. The molecule has 0 fully saturated rings. The fourth-order valence-electron chi connectivity index (χ4n) is 0.837. The van der Waals surface area contributed by atoms with Crippen molar-refractivity contribution in [2.75, 3.05) is 31.2 Å². The van der Waals surface area contributed by atoms with E-state index in [-0.39, 0.29) is 12.5 Å². The Balaban J connectivity index is 3.47. The number of hydrogen-bond acceptors (Lipinski definition) is 4. The Morgan fingerprint density at radius 1 is 1.47 bits per heavy atom. The summed E-state index contributed by atoms with van der Waals surface area (Å²) in [6.45, 7) is 4.93. The van der Waals surface area contributed by atoms with Crippen LogP contribution < -0.4 is 11.1 Å². The van der Waals surface area contributed by atoms with Gasteiger partial charge in [0.1, 0.15) is 0 Å². The van der Waals surface area contributed by atoms with Crippen molar-refractivity contribution in [2.24, 2.45) is 11.1 Å². The third kappa shape index (κ3) is 6.76. The van der Waals surface area contributed by atoms with Gasteiger partial charge in [0, 0.05) is 25.4 Å². The number of aliphatic hydroxyl groups is 1. The first kappa shape index (κ1) is 14.7. The minimum atomic E-state index is -0.476. The molecule has 0 aliphatic carbocycles. The van der Waals surface area contributed by atoms with Crippen LogP contribution in [0.3, 0.4) is 0 Å². The van der Waals surface area contributed by atoms with Crippen LogP contribution in [0.5, 0.6) is 0 Å². The van der Waals surface area contributed by atoms with Gasteiger partial charge in [-0.2, -0.15) is 11.8 Å². The largest absolute Gasteiger partial charge is 0.396 e. The van der Waals surface area contributed by atoms with Gasteiger partial charge in [0.2, 0.25) is 5.91 Å². The second kappa shape index (κ2) is 7.96. The van der Waals surface area contributed by atoms with Crippen LogP contribution in [0.2, 0.25) is 0 Å². The summed E-state index contributed by atoms with van der Waals surface area (Å²) >= 11 is 1.73. The summed E-state index contributed by atoms with van der Waals surface area (Å²) in [7, 11) is 0. The van der Waals surface area contributed by atoms with E-state index in [1.54, 1.807) is 11.8 Å². The van der Waals surface area contributed by atoms with Crippen LogP contribution in [0.25, 0.3) is 0 Å². The Bertz CT molecular complexity index is 186. The molecule has 4 nitrogen and oxygen atoms in total. The van der Waals surface area contributed by atoms with Gasteiger partial charge in [-0.25, -0.2) is 0 Å². The average Bonchev–Trinajstić information content (AvgIpc) is 2.22. The van der Waals surface area contributed by atoms with Crippen molar-refractivity contribution < 1.29 is 9.90 Å². The zero-order valence-corrected chi connectivity index (χ0v) is 10.4. The number of rotatable bonds is 8. The minimum absolute atomic E-state index is 0.00718. The summed E-state index contributed by atoms with van der Waals surface area (Å²) in [6, 6.07) is 0. The van der Waals surface area contributed by atoms with Crippen LogP contribution in [0.1, 0.15) is 20.3 Å². The predicted molar refractivity (Wildman–Crippen MR) is 64.9 cm³/mol. The van der Waals surface area contributed by atoms with Crippen molar-refractivity contribution in [3.05, 3.63) is 0 Å². The van der Waals surface area contributed by atoms with Gasteiger partial charge in [-0.1, -0.05) is 0 Å². The highest BCUT2D eigenvalue weighted by molar-refractivity contribution is 7.99. The number of carbonyl (C=O) groups is 1. The van der Waals surface area contributed by atoms with E-state index < -0.39 is 5.41 Å². The third-order valence-electron chi connectivity index (χ3n) is 2.10. The zero-order chi connectivity index (χ0) is 11.7. The SMILES string of the molecule is CC(C)(CN)C(=O)NCCSCCCO. The summed E-state index contributed by atoms with van der Waals surface area (Å²) in [5.74, 6) is 1.83. The molecule has 0 aromatic rings. The molecule has 0 bridgehead atoms. The van der Waals surface area contributed by atoms with E-state index in [0.717, 1.165) is 17.9 Å². The van der Waals surface area contributed by atoms with Crippen molar-refractivity contribution in [3.63, 3.8) is 0 Å². The van der Waals surface area contributed by atoms with Crippen LogP contribution in [0, 0.1) is 5.41 Å². The first-order chi connectivity index (χ1) is 7.04. The number of amides is 1. The lowest BCUT2D eigenvalue weighted by atomic mass is 9.93. The van der Waals surface area contributed by atoms with E-state index in [0.29, 0.717) is 13.1 Å². The summed E-state index contributed by atoms with van der Waals surface area (Å²) < 4.78 is 0. The van der Waals surface area contributed by atoms with E-state index >= 15 is 0 Å². The number of thioether (sulfide) groups is 1. The lowest BCUT2D eigenvalue weighted by molar-refractivity contribution is -0.128. The molecule has 4 N–H and O–H groups in total. The quantitative estimate of drug-likeness (QED) is 0.525. The molecular formula is C10H22N2O2S. The molecule has 0 saturated heterocycles. The Morgan fingerprint density at radius 3 is 2.67 bits per heavy atom. The second-order valence-electron chi connectivity index (χ2n) is 4.03. The van der Waals surface area contributed by atoms with Gasteiger partial charge in [0.05, 0.1) is 5.41 Å². The maximum absolute atomic E-state index is 11.5. The van der Waals surface area contributed by atoms with E-state index in [1.807, 2.05) is 13.8 Å². The zero-order valence-electron chi connectivity index (χ0n) is 9.58. The van der Waals surface area contributed by atoms with E-state index in [1.165, 1.54) is 0 Å². The molecule has 5 heteroatoms. The van der Waals surface area contributed by atoms with Gasteiger partial charge in [-0.3, -0.25) is 4.79 Å². The average molecular weight is 234 g/mol. The van der Waals surface area contributed by atoms with Crippen molar-refractivity contribution >= 4 is 17.7 Å². The standard InChI is InChI=1S/C10H22N2O2S/c1-10(2,8-11)9(14)12-4-7-15-6-3-5-13/h13H,3-8,11H2,1-2H3,(H,12,14). The first-order valence-electron chi connectivity index (χ1n) is 5.21.